The van der Waals surface area contributed by atoms with Crippen LogP contribution in [0.3, 0.4) is 0 Å². The highest BCUT2D eigenvalue weighted by Crippen LogP contribution is 2.06. The molecule has 0 fully saturated rings. The zero-order valence-electron chi connectivity index (χ0n) is 9.86. The lowest BCUT2D eigenvalue weighted by molar-refractivity contribution is -0.121. The van der Waals surface area contributed by atoms with Gasteiger partial charge >= 0.3 is 0 Å². The monoisotopic (exact) mass is 221 g/mol. The van der Waals surface area contributed by atoms with E-state index in [-0.39, 0.29) is 18.6 Å². The van der Waals surface area contributed by atoms with Gasteiger partial charge in [-0.05, 0) is 25.8 Å². The average molecular weight is 221 g/mol. The Balaban J connectivity index is 2.37. The van der Waals surface area contributed by atoms with E-state index < -0.39 is 0 Å². The Labute approximate surface area is 96.5 Å². The minimum atomic E-state index is -0.162. The molecule has 0 bridgehead atoms. The van der Waals surface area contributed by atoms with Crippen LogP contribution in [-0.2, 0) is 11.2 Å². The zero-order valence-corrected chi connectivity index (χ0v) is 9.86. The van der Waals surface area contributed by atoms with Gasteiger partial charge in [-0.1, -0.05) is 29.8 Å². The molecule has 3 nitrogen and oxygen atoms in total. The van der Waals surface area contributed by atoms with Crippen LogP contribution in [0, 0.1) is 6.92 Å². The Hall–Kier alpha value is -1.35. The summed E-state index contributed by atoms with van der Waals surface area (Å²) in [6, 6.07) is 7.99. The van der Waals surface area contributed by atoms with E-state index in [1.165, 1.54) is 11.1 Å². The first-order valence-corrected chi connectivity index (χ1v) is 5.57. The Morgan fingerprint density at radius 1 is 1.50 bits per heavy atom. The average Bonchev–Trinajstić information content (AvgIpc) is 2.26. The molecule has 0 heterocycles. The van der Waals surface area contributed by atoms with Gasteiger partial charge in [-0.25, -0.2) is 0 Å². The molecule has 1 aromatic carbocycles. The lowest BCUT2D eigenvalue weighted by Crippen LogP contribution is -2.35. The fourth-order valence-electron chi connectivity index (χ4n) is 1.52. The smallest absolute Gasteiger partial charge is 0.220 e. The molecular formula is C13H19NO2. The third-order valence-corrected chi connectivity index (χ3v) is 2.40. The molecule has 0 unspecified atom stereocenters. The second kappa shape index (κ2) is 6.28. The highest BCUT2D eigenvalue weighted by molar-refractivity contribution is 5.76. The zero-order chi connectivity index (χ0) is 12.0. The third kappa shape index (κ3) is 4.45. The molecule has 0 aliphatic heterocycles. The first kappa shape index (κ1) is 12.7. The van der Waals surface area contributed by atoms with Gasteiger partial charge in [-0.15, -0.1) is 0 Å². The van der Waals surface area contributed by atoms with Crippen LogP contribution in [0.1, 0.15) is 24.5 Å². The lowest BCUT2D eigenvalue weighted by Gasteiger charge is -2.10. The number of benzene rings is 1. The summed E-state index contributed by atoms with van der Waals surface area (Å²) < 4.78 is 0. The Morgan fingerprint density at radius 3 is 2.88 bits per heavy atom. The number of hydrogen-bond donors (Lipinski definition) is 2. The molecular weight excluding hydrogens is 202 g/mol. The summed E-state index contributed by atoms with van der Waals surface area (Å²) in [6.07, 6.45) is 1.21. The van der Waals surface area contributed by atoms with E-state index in [9.17, 15) is 4.79 Å². The van der Waals surface area contributed by atoms with Crippen LogP contribution < -0.4 is 5.32 Å². The topological polar surface area (TPSA) is 49.3 Å². The maximum absolute atomic E-state index is 11.4. The normalized spacial score (nSPS) is 12.2. The van der Waals surface area contributed by atoms with Gasteiger partial charge in [0.15, 0.2) is 0 Å². The van der Waals surface area contributed by atoms with Crippen molar-refractivity contribution in [2.45, 2.75) is 32.7 Å². The van der Waals surface area contributed by atoms with E-state index in [0.717, 1.165) is 6.42 Å². The number of rotatable bonds is 5. The fourth-order valence-corrected chi connectivity index (χ4v) is 1.52. The summed E-state index contributed by atoms with van der Waals surface area (Å²) in [5, 5.41) is 11.5. The van der Waals surface area contributed by atoms with Crippen molar-refractivity contribution in [1.29, 1.82) is 0 Å². The van der Waals surface area contributed by atoms with Gasteiger partial charge < -0.3 is 10.4 Å². The molecule has 1 rings (SSSR count). The molecule has 1 aromatic rings. The fraction of sp³-hybridized carbons (Fsp3) is 0.462. The standard InChI is InChI=1S/C13H19NO2/c1-10-4-3-5-12(8-10)6-7-13(16)14-11(2)9-15/h3-5,8,11,15H,6-7,9H2,1-2H3,(H,14,16)/t11-/m1/s1. The maximum atomic E-state index is 11.4. The summed E-state index contributed by atoms with van der Waals surface area (Å²) in [7, 11) is 0. The Morgan fingerprint density at radius 2 is 2.25 bits per heavy atom. The largest absolute Gasteiger partial charge is 0.394 e. The predicted molar refractivity (Wildman–Crippen MR) is 64.2 cm³/mol. The number of aryl methyl sites for hydroxylation is 2. The number of aliphatic hydroxyl groups is 1. The van der Waals surface area contributed by atoms with E-state index >= 15 is 0 Å². The van der Waals surface area contributed by atoms with Gasteiger partial charge in [-0.3, -0.25) is 4.79 Å². The number of hydrogen-bond acceptors (Lipinski definition) is 2. The molecule has 1 atom stereocenters. The minimum absolute atomic E-state index is 0.0111. The summed E-state index contributed by atoms with van der Waals surface area (Å²) in [5.74, 6) is -0.0111. The summed E-state index contributed by atoms with van der Waals surface area (Å²) >= 11 is 0. The highest BCUT2D eigenvalue weighted by atomic mass is 16.3. The van der Waals surface area contributed by atoms with E-state index in [1.807, 2.05) is 25.1 Å². The van der Waals surface area contributed by atoms with Gasteiger partial charge in [-0.2, -0.15) is 0 Å². The second-order valence-corrected chi connectivity index (χ2v) is 4.14. The molecule has 16 heavy (non-hydrogen) atoms. The van der Waals surface area contributed by atoms with Crippen molar-refractivity contribution in [3.8, 4) is 0 Å². The number of carbonyl (C=O) groups excluding carboxylic acids is 1. The quantitative estimate of drug-likeness (QED) is 0.790. The van der Waals surface area contributed by atoms with Crippen LogP contribution in [0.25, 0.3) is 0 Å². The molecule has 3 heteroatoms. The Bertz CT molecular complexity index is 350. The van der Waals surface area contributed by atoms with Crippen LogP contribution in [0.4, 0.5) is 0 Å². The molecule has 0 aromatic heterocycles. The maximum Gasteiger partial charge on any atom is 0.220 e. The molecule has 2 N–H and O–H groups in total. The lowest BCUT2D eigenvalue weighted by atomic mass is 10.1. The first-order valence-electron chi connectivity index (χ1n) is 5.57. The van der Waals surface area contributed by atoms with E-state index in [4.69, 9.17) is 5.11 Å². The van der Waals surface area contributed by atoms with Crippen molar-refractivity contribution in [3.05, 3.63) is 35.4 Å². The number of nitrogens with one attached hydrogen (secondary N) is 1. The van der Waals surface area contributed by atoms with Crippen molar-refractivity contribution >= 4 is 5.91 Å². The summed E-state index contributed by atoms with van der Waals surface area (Å²) in [5.41, 5.74) is 2.38. The van der Waals surface area contributed by atoms with Gasteiger partial charge in [0.1, 0.15) is 0 Å². The molecule has 0 aliphatic rings. The number of aliphatic hydroxyl groups excluding tert-OH is 1. The minimum Gasteiger partial charge on any atom is -0.394 e. The molecule has 0 spiro atoms. The third-order valence-electron chi connectivity index (χ3n) is 2.40. The van der Waals surface area contributed by atoms with Gasteiger partial charge in [0.25, 0.3) is 0 Å². The van der Waals surface area contributed by atoms with Gasteiger partial charge in [0, 0.05) is 12.5 Å². The molecule has 0 saturated carbocycles. The van der Waals surface area contributed by atoms with E-state index in [2.05, 4.69) is 11.4 Å². The van der Waals surface area contributed by atoms with Crippen LogP contribution >= 0.6 is 0 Å². The molecule has 0 saturated heterocycles. The first-order chi connectivity index (χ1) is 7.61. The molecule has 0 aliphatic carbocycles. The van der Waals surface area contributed by atoms with Crippen molar-refractivity contribution in [1.82, 2.24) is 5.32 Å². The van der Waals surface area contributed by atoms with Crippen LogP contribution in [0.5, 0.6) is 0 Å². The number of carbonyl (C=O) groups is 1. The van der Waals surface area contributed by atoms with Gasteiger partial charge in [0.2, 0.25) is 5.91 Å². The predicted octanol–water partition coefficient (Wildman–Crippen LogP) is 1.42. The SMILES string of the molecule is Cc1cccc(CCC(=O)N[C@H](C)CO)c1. The molecule has 88 valence electrons. The molecule has 1 amide bonds. The van der Waals surface area contributed by atoms with E-state index in [0.29, 0.717) is 6.42 Å². The van der Waals surface area contributed by atoms with Crippen molar-refractivity contribution in [2.24, 2.45) is 0 Å². The summed E-state index contributed by atoms with van der Waals surface area (Å²) in [6.45, 7) is 3.80. The van der Waals surface area contributed by atoms with E-state index in [1.54, 1.807) is 6.92 Å². The second-order valence-electron chi connectivity index (χ2n) is 4.14. The van der Waals surface area contributed by atoms with Crippen LogP contribution in [0.15, 0.2) is 24.3 Å². The summed E-state index contributed by atoms with van der Waals surface area (Å²) in [4.78, 5) is 11.4. The number of amides is 1. The van der Waals surface area contributed by atoms with Gasteiger partial charge in [0.05, 0.1) is 6.61 Å². The van der Waals surface area contributed by atoms with Crippen molar-refractivity contribution in [3.63, 3.8) is 0 Å². The van der Waals surface area contributed by atoms with Crippen LogP contribution in [-0.4, -0.2) is 23.7 Å². The van der Waals surface area contributed by atoms with Crippen LogP contribution in [0.2, 0.25) is 0 Å². The van der Waals surface area contributed by atoms with Crippen molar-refractivity contribution < 1.29 is 9.90 Å². The van der Waals surface area contributed by atoms with Crippen molar-refractivity contribution in [2.75, 3.05) is 6.61 Å². The Kier molecular flexibility index (Phi) is 4.99. The highest BCUT2D eigenvalue weighted by Gasteiger charge is 2.06. The molecule has 0 radical (unpaired) electrons.